The van der Waals surface area contributed by atoms with Gasteiger partial charge in [-0.25, -0.2) is 9.50 Å². The summed E-state index contributed by atoms with van der Waals surface area (Å²) in [6, 6.07) is 1.66. The highest BCUT2D eigenvalue weighted by Crippen LogP contribution is 2.19. The highest BCUT2D eigenvalue weighted by atomic mass is 16.1. The van der Waals surface area contributed by atoms with Gasteiger partial charge in [0, 0.05) is 23.5 Å². The molecule has 0 spiro atoms. The fraction of sp³-hybridized carbons (Fsp3) is 0.571. The van der Waals surface area contributed by atoms with E-state index in [0.29, 0.717) is 11.8 Å². The molecule has 0 aromatic carbocycles. The van der Waals surface area contributed by atoms with E-state index in [1.165, 1.54) is 10.9 Å². The molecule has 1 atom stereocenters. The van der Waals surface area contributed by atoms with E-state index in [1.54, 1.807) is 6.07 Å². The first-order chi connectivity index (χ1) is 9.15. The number of fused-ring (bicyclic) bond motifs is 1. The highest BCUT2D eigenvalue weighted by Gasteiger charge is 2.17. The van der Waals surface area contributed by atoms with Gasteiger partial charge in [-0.2, -0.15) is 0 Å². The monoisotopic (exact) mass is 260 g/mol. The molecule has 0 bridgehead atoms. The lowest BCUT2D eigenvalue weighted by molar-refractivity contribution is 0.570. The van der Waals surface area contributed by atoms with Crippen molar-refractivity contribution in [3.8, 4) is 0 Å². The Balaban J connectivity index is 2.01. The largest absolute Gasteiger partial charge is 0.316 e. The van der Waals surface area contributed by atoms with E-state index < -0.39 is 0 Å². The van der Waals surface area contributed by atoms with Gasteiger partial charge < -0.3 is 5.32 Å². The van der Waals surface area contributed by atoms with Gasteiger partial charge in [0.2, 0.25) is 0 Å². The molecule has 19 heavy (non-hydrogen) atoms. The van der Waals surface area contributed by atoms with Crippen molar-refractivity contribution in [1.29, 1.82) is 0 Å². The third kappa shape index (κ3) is 2.30. The number of hydrogen-bond donors (Lipinski definition) is 2. The SMILES string of the molecule is CC(C)c1c[nH]n2c(=O)cc(CC3CCNC3)nc12. The van der Waals surface area contributed by atoms with E-state index >= 15 is 0 Å². The first-order valence-electron chi connectivity index (χ1n) is 6.96. The maximum absolute atomic E-state index is 12.1. The molecule has 5 nitrogen and oxygen atoms in total. The predicted molar refractivity (Wildman–Crippen MR) is 74.6 cm³/mol. The number of hydrogen-bond acceptors (Lipinski definition) is 3. The number of nitrogens with zero attached hydrogens (tertiary/aromatic N) is 2. The van der Waals surface area contributed by atoms with Crippen LogP contribution in [0.5, 0.6) is 0 Å². The van der Waals surface area contributed by atoms with Crippen molar-refractivity contribution in [2.24, 2.45) is 5.92 Å². The zero-order valence-electron chi connectivity index (χ0n) is 11.4. The Morgan fingerprint density at radius 1 is 1.53 bits per heavy atom. The van der Waals surface area contributed by atoms with Crippen molar-refractivity contribution < 1.29 is 0 Å². The molecule has 5 heteroatoms. The molecule has 2 aromatic rings. The highest BCUT2D eigenvalue weighted by molar-refractivity contribution is 5.48. The van der Waals surface area contributed by atoms with Gasteiger partial charge in [0.05, 0.1) is 0 Å². The van der Waals surface area contributed by atoms with Crippen molar-refractivity contribution in [1.82, 2.24) is 19.9 Å². The Hall–Kier alpha value is -1.62. The molecule has 1 aliphatic heterocycles. The number of aromatic nitrogens is 3. The predicted octanol–water partition coefficient (Wildman–Crippen LogP) is 1.30. The maximum Gasteiger partial charge on any atom is 0.272 e. The Bertz CT molecular complexity index is 634. The summed E-state index contributed by atoms with van der Waals surface area (Å²) in [6.45, 7) is 6.34. The van der Waals surface area contributed by atoms with E-state index in [2.05, 4.69) is 29.2 Å². The Morgan fingerprint density at radius 2 is 2.37 bits per heavy atom. The molecular weight excluding hydrogens is 240 g/mol. The second kappa shape index (κ2) is 4.81. The molecule has 3 rings (SSSR count). The van der Waals surface area contributed by atoms with Gasteiger partial charge in [-0.15, -0.1) is 0 Å². The van der Waals surface area contributed by atoms with Crippen LogP contribution in [0.4, 0.5) is 0 Å². The van der Waals surface area contributed by atoms with Crippen molar-refractivity contribution in [2.45, 2.75) is 32.6 Å². The van der Waals surface area contributed by atoms with Crippen LogP contribution in [0, 0.1) is 5.92 Å². The normalized spacial score (nSPS) is 19.6. The van der Waals surface area contributed by atoms with E-state index in [1.807, 2.05) is 6.20 Å². The molecule has 0 radical (unpaired) electrons. The van der Waals surface area contributed by atoms with Crippen LogP contribution in [0.25, 0.3) is 5.65 Å². The summed E-state index contributed by atoms with van der Waals surface area (Å²) in [7, 11) is 0. The average Bonchev–Trinajstić information content (AvgIpc) is 2.97. The van der Waals surface area contributed by atoms with E-state index in [9.17, 15) is 4.79 Å². The molecule has 2 aromatic heterocycles. The maximum atomic E-state index is 12.1. The Morgan fingerprint density at radius 3 is 3.05 bits per heavy atom. The van der Waals surface area contributed by atoms with Crippen LogP contribution in [-0.4, -0.2) is 27.7 Å². The molecular formula is C14H20N4O. The van der Waals surface area contributed by atoms with Crippen molar-refractivity contribution in [3.05, 3.63) is 33.9 Å². The van der Waals surface area contributed by atoms with Gasteiger partial charge in [0.15, 0.2) is 5.65 Å². The van der Waals surface area contributed by atoms with Crippen molar-refractivity contribution >= 4 is 5.65 Å². The fourth-order valence-corrected chi connectivity index (χ4v) is 2.76. The average molecular weight is 260 g/mol. The minimum absolute atomic E-state index is 0.0159. The molecule has 2 N–H and O–H groups in total. The van der Waals surface area contributed by atoms with Gasteiger partial charge in [0.25, 0.3) is 5.56 Å². The number of nitrogens with one attached hydrogen (secondary N) is 2. The van der Waals surface area contributed by atoms with Gasteiger partial charge >= 0.3 is 0 Å². The van der Waals surface area contributed by atoms with Gasteiger partial charge in [-0.3, -0.25) is 9.89 Å². The summed E-state index contributed by atoms with van der Waals surface area (Å²) in [6.07, 6.45) is 3.95. The molecule has 1 unspecified atom stereocenters. The third-order valence-corrected chi connectivity index (χ3v) is 3.86. The Kier molecular flexibility index (Phi) is 3.14. The first kappa shape index (κ1) is 12.4. The second-order valence-electron chi connectivity index (χ2n) is 5.69. The molecule has 1 aliphatic rings. The lowest BCUT2D eigenvalue weighted by Gasteiger charge is -2.08. The van der Waals surface area contributed by atoms with Crippen molar-refractivity contribution in [3.63, 3.8) is 0 Å². The Labute approximate surface area is 112 Å². The van der Waals surface area contributed by atoms with Crippen LogP contribution < -0.4 is 10.9 Å². The van der Waals surface area contributed by atoms with Crippen LogP contribution in [0.15, 0.2) is 17.1 Å². The fourth-order valence-electron chi connectivity index (χ4n) is 2.76. The molecule has 102 valence electrons. The van der Waals surface area contributed by atoms with E-state index in [0.717, 1.165) is 36.4 Å². The minimum atomic E-state index is -0.0159. The van der Waals surface area contributed by atoms with E-state index in [4.69, 9.17) is 0 Å². The molecule has 1 fully saturated rings. The summed E-state index contributed by atoms with van der Waals surface area (Å²) in [5, 5.41) is 6.34. The number of aromatic amines is 1. The van der Waals surface area contributed by atoms with Gasteiger partial charge in [0.1, 0.15) is 0 Å². The lowest BCUT2D eigenvalue weighted by atomic mass is 10.0. The van der Waals surface area contributed by atoms with Crippen LogP contribution in [0.2, 0.25) is 0 Å². The van der Waals surface area contributed by atoms with Crippen LogP contribution >= 0.6 is 0 Å². The summed E-state index contributed by atoms with van der Waals surface area (Å²) in [4.78, 5) is 16.8. The molecule has 1 saturated heterocycles. The quantitative estimate of drug-likeness (QED) is 0.874. The summed E-state index contributed by atoms with van der Waals surface area (Å²) >= 11 is 0. The number of H-pyrrole nitrogens is 1. The summed E-state index contributed by atoms with van der Waals surface area (Å²) < 4.78 is 1.53. The minimum Gasteiger partial charge on any atom is -0.316 e. The van der Waals surface area contributed by atoms with Gasteiger partial charge in [-0.05, 0) is 37.8 Å². The molecule has 0 aliphatic carbocycles. The van der Waals surface area contributed by atoms with Crippen LogP contribution in [0.1, 0.15) is 37.4 Å². The summed E-state index contributed by atoms with van der Waals surface area (Å²) in [5.41, 5.74) is 2.78. The van der Waals surface area contributed by atoms with E-state index in [-0.39, 0.29) is 5.56 Å². The van der Waals surface area contributed by atoms with Crippen LogP contribution in [0.3, 0.4) is 0 Å². The summed E-state index contributed by atoms with van der Waals surface area (Å²) in [5.74, 6) is 0.965. The first-order valence-corrected chi connectivity index (χ1v) is 6.96. The smallest absolute Gasteiger partial charge is 0.272 e. The molecule has 0 amide bonds. The standard InChI is InChI=1S/C14H20N4O/c1-9(2)12-8-16-18-13(19)6-11(17-14(12)18)5-10-3-4-15-7-10/h6,8-10,15-16H,3-5,7H2,1-2H3. The van der Waals surface area contributed by atoms with Crippen molar-refractivity contribution in [2.75, 3.05) is 13.1 Å². The van der Waals surface area contributed by atoms with Crippen LogP contribution in [-0.2, 0) is 6.42 Å². The zero-order chi connectivity index (χ0) is 13.4. The zero-order valence-corrected chi connectivity index (χ0v) is 11.4. The van der Waals surface area contributed by atoms with Gasteiger partial charge in [-0.1, -0.05) is 13.8 Å². The molecule has 3 heterocycles. The third-order valence-electron chi connectivity index (χ3n) is 3.86. The lowest BCUT2D eigenvalue weighted by Crippen LogP contribution is -2.18. The second-order valence-corrected chi connectivity index (χ2v) is 5.69. The number of rotatable bonds is 3. The molecule has 0 saturated carbocycles. The topological polar surface area (TPSA) is 62.2 Å².